The molecule has 1 atom stereocenters. The Morgan fingerprint density at radius 1 is 1.07 bits per heavy atom. The summed E-state index contributed by atoms with van der Waals surface area (Å²) in [6.07, 6.45) is -4.51. The van der Waals surface area contributed by atoms with E-state index in [-0.39, 0.29) is 17.2 Å². The number of halogens is 4. The van der Waals surface area contributed by atoms with Gasteiger partial charge in [0.05, 0.1) is 22.1 Å². The number of carbonyl (C=O) groups is 1. The average molecular weight is 428 g/mol. The van der Waals surface area contributed by atoms with Gasteiger partial charge < -0.3 is 9.73 Å². The molecular weight excluding hydrogens is 415 g/mol. The van der Waals surface area contributed by atoms with Crippen LogP contribution >= 0.6 is 11.6 Å². The maximum atomic E-state index is 12.7. The Kier molecular flexibility index (Phi) is 5.90. The monoisotopic (exact) mass is 427 g/mol. The smallest absolute Gasteiger partial charge is 0.416 e. The van der Waals surface area contributed by atoms with Gasteiger partial charge in [0.1, 0.15) is 5.76 Å². The van der Waals surface area contributed by atoms with E-state index in [4.69, 9.17) is 16.0 Å². The van der Waals surface area contributed by atoms with Crippen LogP contribution in [0.4, 0.5) is 18.9 Å². The van der Waals surface area contributed by atoms with Crippen LogP contribution < -0.4 is 5.32 Å². The van der Waals surface area contributed by atoms with Crippen LogP contribution in [0.15, 0.2) is 70.0 Å². The van der Waals surface area contributed by atoms with Crippen LogP contribution in [-0.4, -0.2) is 10.1 Å². The van der Waals surface area contributed by atoms with Crippen LogP contribution in [0.3, 0.4) is 0 Å². The molecule has 4 nitrogen and oxygen atoms in total. The van der Waals surface area contributed by atoms with Crippen LogP contribution in [0, 0.1) is 0 Å². The van der Waals surface area contributed by atoms with Crippen molar-refractivity contribution in [3.8, 4) is 0 Å². The van der Waals surface area contributed by atoms with Gasteiger partial charge in [-0.25, -0.2) is 0 Å². The zero-order chi connectivity index (χ0) is 20.3. The molecule has 1 N–H and O–H groups in total. The lowest BCUT2D eigenvalue weighted by Crippen LogP contribution is -2.12. The van der Waals surface area contributed by atoms with Crippen LogP contribution in [-0.2, 0) is 22.7 Å². The Labute approximate surface area is 165 Å². The number of benzene rings is 2. The van der Waals surface area contributed by atoms with Gasteiger partial charge in [-0.2, -0.15) is 13.2 Å². The summed E-state index contributed by atoms with van der Waals surface area (Å²) >= 11 is 5.79. The average Bonchev–Trinajstić information content (AvgIpc) is 3.10. The molecule has 0 fully saturated rings. The predicted molar refractivity (Wildman–Crippen MR) is 99.7 cm³/mol. The molecule has 3 aromatic rings. The molecule has 2 aromatic carbocycles. The van der Waals surface area contributed by atoms with E-state index in [1.165, 1.54) is 24.3 Å². The number of nitrogens with one attached hydrogen (secondary N) is 1. The van der Waals surface area contributed by atoms with Gasteiger partial charge in [-0.15, -0.1) is 0 Å². The van der Waals surface area contributed by atoms with E-state index >= 15 is 0 Å². The Hall–Kier alpha value is -2.58. The predicted octanol–water partition coefficient (Wildman–Crippen LogP) is 5.51. The topological polar surface area (TPSA) is 59.3 Å². The van der Waals surface area contributed by atoms with Crippen molar-refractivity contribution >= 4 is 34.0 Å². The van der Waals surface area contributed by atoms with Gasteiger partial charge in [0, 0.05) is 15.6 Å². The highest BCUT2D eigenvalue weighted by molar-refractivity contribution is 7.84. The zero-order valence-corrected chi connectivity index (χ0v) is 15.7. The first-order valence-corrected chi connectivity index (χ1v) is 9.63. The van der Waals surface area contributed by atoms with Crippen LogP contribution in [0.1, 0.15) is 21.9 Å². The van der Waals surface area contributed by atoms with E-state index in [0.717, 1.165) is 12.1 Å². The van der Waals surface area contributed by atoms with Crippen LogP contribution in [0.5, 0.6) is 0 Å². The van der Waals surface area contributed by atoms with Gasteiger partial charge in [0.2, 0.25) is 0 Å². The minimum Gasteiger partial charge on any atom is -0.455 e. The SMILES string of the molecule is O=C(Nc1cccc(C(F)(F)F)c1)c1ccc(CS(=O)c2ccc(Cl)cc2)o1. The summed E-state index contributed by atoms with van der Waals surface area (Å²) in [6.45, 7) is 0. The molecule has 0 saturated heterocycles. The summed E-state index contributed by atoms with van der Waals surface area (Å²) < 4.78 is 55.9. The Morgan fingerprint density at radius 2 is 1.79 bits per heavy atom. The molecule has 0 spiro atoms. The molecule has 0 bridgehead atoms. The van der Waals surface area contributed by atoms with E-state index in [0.29, 0.717) is 15.7 Å². The molecule has 0 radical (unpaired) electrons. The fourth-order valence-corrected chi connectivity index (χ4v) is 3.49. The maximum Gasteiger partial charge on any atom is 0.416 e. The van der Waals surface area contributed by atoms with Crippen LogP contribution in [0.2, 0.25) is 5.02 Å². The number of hydrogen-bond donors (Lipinski definition) is 1. The molecule has 1 heterocycles. The van der Waals surface area contributed by atoms with Crippen molar-refractivity contribution in [1.29, 1.82) is 0 Å². The summed E-state index contributed by atoms with van der Waals surface area (Å²) in [5.41, 5.74) is -0.883. The number of alkyl halides is 3. The van der Waals surface area contributed by atoms with Gasteiger partial charge in [0.15, 0.2) is 5.76 Å². The Balaban J connectivity index is 1.67. The normalized spacial score (nSPS) is 12.6. The van der Waals surface area contributed by atoms with Gasteiger partial charge in [-0.1, -0.05) is 17.7 Å². The number of hydrogen-bond acceptors (Lipinski definition) is 3. The fraction of sp³-hybridized carbons (Fsp3) is 0.105. The van der Waals surface area contributed by atoms with Crippen molar-refractivity contribution in [1.82, 2.24) is 0 Å². The second-order valence-corrected chi connectivity index (χ2v) is 7.63. The molecule has 28 heavy (non-hydrogen) atoms. The summed E-state index contributed by atoms with van der Waals surface area (Å²) in [5, 5.41) is 2.87. The lowest BCUT2D eigenvalue weighted by atomic mass is 10.2. The minimum absolute atomic E-state index is 0.0116. The third-order valence-corrected chi connectivity index (χ3v) is 5.28. The first kappa shape index (κ1) is 20.2. The van der Waals surface area contributed by atoms with Crippen molar-refractivity contribution in [3.05, 3.63) is 82.8 Å². The molecule has 146 valence electrons. The highest BCUT2D eigenvalue weighted by Crippen LogP contribution is 2.30. The molecule has 0 aliphatic rings. The standard InChI is InChI=1S/C19H13ClF3NO3S/c20-13-4-7-16(8-5-13)28(26)11-15-6-9-17(27-15)18(25)24-14-3-1-2-12(10-14)19(21,22)23/h1-10H,11H2,(H,24,25). The molecule has 9 heteroatoms. The second-order valence-electron chi connectivity index (χ2n) is 5.74. The highest BCUT2D eigenvalue weighted by Gasteiger charge is 2.30. The van der Waals surface area contributed by atoms with E-state index in [9.17, 15) is 22.2 Å². The molecule has 0 saturated carbocycles. The molecule has 0 aliphatic heterocycles. The second kappa shape index (κ2) is 8.20. The van der Waals surface area contributed by atoms with Crippen molar-refractivity contribution in [2.45, 2.75) is 16.8 Å². The highest BCUT2D eigenvalue weighted by atomic mass is 35.5. The van der Waals surface area contributed by atoms with E-state index in [1.54, 1.807) is 24.3 Å². The van der Waals surface area contributed by atoms with E-state index in [1.807, 2.05) is 0 Å². The minimum atomic E-state index is -4.51. The molecular formula is C19H13ClF3NO3S. The molecule has 3 rings (SSSR count). The number of carbonyl (C=O) groups excluding carboxylic acids is 1. The maximum absolute atomic E-state index is 12.7. The third kappa shape index (κ3) is 5.02. The number of furan rings is 1. The molecule has 0 aliphatic carbocycles. The van der Waals surface area contributed by atoms with Gasteiger partial charge in [-0.05, 0) is 54.6 Å². The van der Waals surface area contributed by atoms with E-state index < -0.39 is 28.4 Å². The Morgan fingerprint density at radius 3 is 2.46 bits per heavy atom. The Bertz CT molecular complexity index is 1020. The van der Waals surface area contributed by atoms with Gasteiger partial charge in [0.25, 0.3) is 5.91 Å². The van der Waals surface area contributed by atoms with Gasteiger partial charge >= 0.3 is 6.18 Å². The van der Waals surface area contributed by atoms with Crippen molar-refractivity contribution < 1.29 is 26.6 Å². The van der Waals surface area contributed by atoms with Gasteiger partial charge in [-0.3, -0.25) is 9.00 Å². The van der Waals surface area contributed by atoms with Crippen molar-refractivity contribution in [3.63, 3.8) is 0 Å². The van der Waals surface area contributed by atoms with E-state index in [2.05, 4.69) is 5.32 Å². The summed E-state index contributed by atoms with van der Waals surface area (Å²) in [5.74, 6) is -0.454. The molecule has 1 aromatic heterocycles. The summed E-state index contributed by atoms with van der Waals surface area (Å²) in [7, 11) is -1.40. The third-order valence-electron chi connectivity index (χ3n) is 3.68. The lowest BCUT2D eigenvalue weighted by Gasteiger charge is -2.09. The molecule has 1 unspecified atom stereocenters. The van der Waals surface area contributed by atoms with Crippen molar-refractivity contribution in [2.24, 2.45) is 0 Å². The lowest BCUT2D eigenvalue weighted by molar-refractivity contribution is -0.137. The number of amides is 1. The molecule has 1 amide bonds. The number of anilines is 1. The summed E-state index contributed by atoms with van der Waals surface area (Å²) in [4.78, 5) is 12.8. The zero-order valence-electron chi connectivity index (χ0n) is 14.1. The van der Waals surface area contributed by atoms with Crippen LogP contribution in [0.25, 0.3) is 0 Å². The first-order valence-electron chi connectivity index (χ1n) is 7.93. The largest absolute Gasteiger partial charge is 0.455 e. The quantitative estimate of drug-likeness (QED) is 0.584. The van der Waals surface area contributed by atoms with Crippen molar-refractivity contribution in [2.75, 3.05) is 5.32 Å². The number of rotatable bonds is 5. The fourth-order valence-electron chi connectivity index (χ4n) is 2.34. The summed E-state index contributed by atoms with van der Waals surface area (Å²) in [6, 6.07) is 13.6. The first-order chi connectivity index (χ1) is 13.2.